The monoisotopic (exact) mass is 356 g/mol. The van der Waals surface area contributed by atoms with Crippen molar-refractivity contribution in [1.29, 1.82) is 0 Å². The largest absolute Gasteiger partial charge is 0.319 e. The van der Waals surface area contributed by atoms with Gasteiger partial charge in [-0.2, -0.15) is 0 Å². The van der Waals surface area contributed by atoms with Crippen LogP contribution < -0.4 is 10.9 Å². The molecule has 0 spiro atoms. The summed E-state index contributed by atoms with van der Waals surface area (Å²) in [6.07, 6.45) is 4.71. The van der Waals surface area contributed by atoms with E-state index in [1.807, 2.05) is 51.2 Å². The second kappa shape index (κ2) is 7.91. The van der Waals surface area contributed by atoms with Crippen LogP contribution in [-0.2, 0) is 11.8 Å². The number of nitrogens with one attached hydrogen (secondary N) is 1. The Labute approximate surface area is 154 Å². The molecule has 1 N–H and O–H groups in total. The number of amides is 1. The lowest BCUT2D eigenvalue weighted by atomic mass is 10.2. The first-order chi connectivity index (χ1) is 12.5. The number of hydrogen-bond donors (Lipinski definition) is 1. The molecule has 1 aliphatic rings. The zero-order chi connectivity index (χ0) is 18.7. The van der Waals surface area contributed by atoms with Gasteiger partial charge in [-0.05, 0) is 51.9 Å². The van der Waals surface area contributed by atoms with E-state index in [1.165, 1.54) is 12.8 Å². The summed E-state index contributed by atoms with van der Waals surface area (Å²) in [7, 11) is 1.83. The van der Waals surface area contributed by atoms with Crippen LogP contribution in [0.3, 0.4) is 0 Å². The summed E-state index contributed by atoms with van der Waals surface area (Å²) in [6.45, 7) is 5.66. The number of hydrogen-bond acceptors (Lipinski definition) is 3. The zero-order valence-electron chi connectivity index (χ0n) is 15.9. The van der Waals surface area contributed by atoms with Crippen molar-refractivity contribution in [3.63, 3.8) is 0 Å². The summed E-state index contributed by atoms with van der Waals surface area (Å²) >= 11 is 0. The van der Waals surface area contributed by atoms with Crippen LogP contribution in [0.15, 0.2) is 35.1 Å². The third-order valence-electron chi connectivity index (χ3n) is 5.37. The third-order valence-corrected chi connectivity index (χ3v) is 5.37. The Morgan fingerprint density at radius 2 is 1.69 bits per heavy atom. The summed E-state index contributed by atoms with van der Waals surface area (Å²) in [4.78, 5) is 27.9. The van der Waals surface area contributed by atoms with Crippen LogP contribution in [0.1, 0.15) is 38.3 Å². The predicted molar refractivity (Wildman–Crippen MR) is 104 cm³/mol. The van der Waals surface area contributed by atoms with E-state index in [9.17, 15) is 9.59 Å². The fourth-order valence-electron chi connectivity index (χ4n) is 3.59. The van der Waals surface area contributed by atoms with Gasteiger partial charge >= 0.3 is 0 Å². The van der Waals surface area contributed by atoms with Gasteiger partial charge in [0.15, 0.2) is 0 Å². The van der Waals surface area contributed by atoms with E-state index in [4.69, 9.17) is 0 Å². The molecule has 2 heterocycles. The van der Waals surface area contributed by atoms with Crippen molar-refractivity contribution >= 4 is 11.6 Å². The third kappa shape index (κ3) is 3.60. The highest BCUT2D eigenvalue weighted by atomic mass is 16.2. The van der Waals surface area contributed by atoms with Gasteiger partial charge in [0.1, 0.15) is 5.69 Å². The molecular weight excluding hydrogens is 328 g/mol. The van der Waals surface area contributed by atoms with E-state index < -0.39 is 0 Å². The summed E-state index contributed by atoms with van der Waals surface area (Å²) < 4.78 is 3.37. The van der Waals surface area contributed by atoms with Gasteiger partial charge in [0.05, 0.1) is 17.4 Å². The van der Waals surface area contributed by atoms with Crippen molar-refractivity contribution in [1.82, 2.24) is 14.3 Å². The number of rotatable bonds is 4. The topological polar surface area (TPSA) is 59.3 Å². The molecule has 1 atom stereocenters. The number of nitrogens with zero attached hydrogens (tertiary/aromatic N) is 3. The summed E-state index contributed by atoms with van der Waals surface area (Å²) in [6, 6.07) is 9.22. The van der Waals surface area contributed by atoms with Crippen LogP contribution in [0, 0.1) is 6.92 Å². The number of aromatic nitrogens is 2. The van der Waals surface area contributed by atoms with Crippen molar-refractivity contribution in [2.24, 2.45) is 7.05 Å². The molecule has 2 aromatic rings. The Bertz CT molecular complexity index is 814. The molecule has 6 nitrogen and oxygen atoms in total. The van der Waals surface area contributed by atoms with Crippen molar-refractivity contribution in [3.05, 3.63) is 46.4 Å². The van der Waals surface area contributed by atoms with Crippen molar-refractivity contribution in [2.45, 2.75) is 45.6 Å². The van der Waals surface area contributed by atoms with Crippen LogP contribution in [0.25, 0.3) is 5.69 Å². The molecule has 3 rings (SSSR count). The van der Waals surface area contributed by atoms with Crippen LogP contribution in [0.5, 0.6) is 0 Å². The van der Waals surface area contributed by atoms with E-state index in [0.717, 1.165) is 37.3 Å². The van der Waals surface area contributed by atoms with Crippen molar-refractivity contribution in [2.75, 3.05) is 18.4 Å². The molecule has 1 aromatic carbocycles. The Morgan fingerprint density at radius 1 is 1.08 bits per heavy atom. The Morgan fingerprint density at radius 3 is 2.31 bits per heavy atom. The van der Waals surface area contributed by atoms with Crippen LogP contribution in [-0.4, -0.2) is 39.3 Å². The molecule has 1 saturated heterocycles. The summed E-state index contributed by atoms with van der Waals surface area (Å²) in [5, 5.41) is 2.89. The average molecular weight is 356 g/mol. The maximum Gasteiger partial charge on any atom is 0.295 e. The van der Waals surface area contributed by atoms with E-state index in [0.29, 0.717) is 5.69 Å². The molecule has 0 radical (unpaired) electrons. The number of para-hydroxylation sites is 1. The Hall–Kier alpha value is -2.34. The molecule has 1 amide bonds. The van der Waals surface area contributed by atoms with Gasteiger partial charge in [0, 0.05) is 7.05 Å². The highest BCUT2D eigenvalue weighted by molar-refractivity contribution is 5.95. The average Bonchev–Trinajstić information content (AvgIpc) is 2.86. The molecule has 0 saturated carbocycles. The molecule has 140 valence electrons. The first-order valence-electron chi connectivity index (χ1n) is 9.39. The standard InChI is InChI=1S/C20H28N4O2/c1-15-18(20(26)24(22(15)3)17-11-7-6-8-12-17)21-19(25)16(2)23-13-9-4-5-10-14-23/h6-8,11-12,16H,4-5,9-10,13-14H2,1-3H3,(H,21,25)/t16-/m1/s1. The lowest BCUT2D eigenvalue weighted by Crippen LogP contribution is -2.43. The van der Waals surface area contributed by atoms with E-state index in [1.54, 1.807) is 9.36 Å². The second-order valence-electron chi connectivity index (χ2n) is 7.05. The molecule has 1 fully saturated rings. The normalized spacial score (nSPS) is 16.9. The summed E-state index contributed by atoms with van der Waals surface area (Å²) in [5.41, 5.74) is 1.69. The molecule has 1 aromatic heterocycles. The molecule has 1 aliphatic heterocycles. The lowest BCUT2D eigenvalue weighted by molar-refractivity contribution is -0.120. The van der Waals surface area contributed by atoms with Gasteiger partial charge in [0.2, 0.25) is 5.91 Å². The van der Waals surface area contributed by atoms with Crippen molar-refractivity contribution in [3.8, 4) is 5.69 Å². The molecule has 0 bridgehead atoms. The van der Waals surface area contributed by atoms with Gasteiger partial charge in [-0.3, -0.25) is 19.2 Å². The Kier molecular flexibility index (Phi) is 5.61. The first-order valence-corrected chi connectivity index (χ1v) is 9.39. The molecule has 26 heavy (non-hydrogen) atoms. The number of carbonyl (C=O) groups is 1. The van der Waals surface area contributed by atoms with Gasteiger partial charge in [-0.15, -0.1) is 0 Å². The van der Waals surface area contributed by atoms with Crippen LogP contribution >= 0.6 is 0 Å². The first kappa shape index (κ1) is 18.5. The SMILES string of the molecule is Cc1c(NC(=O)[C@@H](C)N2CCCCCC2)c(=O)n(-c2ccccc2)n1C. The van der Waals surface area contributed by atoms with Crippen LogP contribution in [0.2, 0.25) is 0 Å². The maximum atomic E-state index is 12.9. The number of likely N-dealkylation sites (tertiary alicyclic amines) is 1. The quantitative estimate of drug-likeness (QED) is 0.916. The molecule has 0 unspecified atom stereocenters. The minimum Gasteiger partial charge on any atom is -0.319 e. The smallest absolute Gasteiger partial charge is 0.295 e. The van der Waals surface area contributed by atoms with Crippen molar-refractivity contribution < 1.29 is 4.79 Å². The lowest BCUT2D eigenvalue weighted by Gasteiger charge is -2.26. The van der Waals surface area contributed by atoms with E-state index >= 15 is 0 Å². The number of anilines is 1. The zero-order valence-corrected chi connectivity index (χ0v) is 15.9. The predicted octanol–water partition coefficient (Wildman–Crippen LogP) is 2.69. The number of carbonyl (C=O) groups excluding carboxylic acids is 1. The number of benzene rings is 1. The second-order valence-corrected chi connectivity index (χ2v) is 7.05. The van der Waals surface area contributed by atoms with Gasteiger partial charge in [0.25, 0.3) is 5.56 Å². The van der Waals surface area contributed by atoms with Gasteiger partial charge in [-0.1, -0.05) is 31.0 Å². The van der Waals surface area contributed by atoms with E-state index in [-0.39, 0.29) is 17.5 Å². The minimum atomic E-state index is -0.239. The molecule has 0 aliphatic carbocycles. The Balaban J connectivity index is 1.84. The highest BCUT2D eigenvalue weighted by Gasteiger charge is 2.25. The molecular formula is C20H28N4O2. The maximum absolute atomic E-state index is 12.9. The van der Waals surface area contributed by atoms with E-state index in [2.05, 4.69) is 10.2 Å². The minimum absolute atomic E-state index is 0.113. The highest BCUT2D eigenvalue weighted by Crippen LogP contribution is 2.16. The van der Waals surface area contributed by atoms with Gasteiger partial charge in [-0.25, -0.2) is 4.68 Å². The molecule has 6 heteroatoms. The van der Waals surface area contributed by atoms with Gasteiger partial charge < -0.3 is 5.32 Å². The van der Waals surface area contributed by atoms with Crippen LogP contribution in [0.4, 0.5) is 5.69 Å². The fraction of sp³-hybridized carbons (Fsp3) is 0.500. The summed E-state index contributed by atoms with van der Waals surface area (Å²) in [5.74, 6) is -0.113. The fourth-order valence-corrected chi connectivity index (χ4v) is 3.59.